The Morgan fingerprint density at radius 2 is 2.00 bits per heavy atom. The molecule has 0 bridgehead atoms. The highest BCUT2D eigenvalue weighted by atomic mass is 16.4. The molecule has 2 aliphatic heterocycles. The van der Waals surface area contributed by atoms with Crippen LogP contribution in [0.1, 0.15) is 80.2 Å². The summed E-state index contributed by atoms with van der Waals surface area (Å²) in [6.45, 7) is 6.66. The smallest absolute Gasteiger partial charge is 0.270 e. The van der Waals surface area contributed by atoms with Crippen molar-refractivity contribution in [2.75, 3.05) is 26.2 Å². The Bertz CT molecular complexity index is 1020. The zero-order chi connectivity index (χ0) is 23.2. The minimum absolute atomic E-state index is 0.0436. The summed E-state index contributed by atoms with van der Waals surface area (Å²) in [4.78, 5) is 29.8. The predicted molar refractivity (Wildman–Crippen MR) is 121 cm³/mol. The number of rotatable bonds is 6. The van der Waals surface area contributed by atoms with E-state index in [4.69, 9.17) is 4.42 Å². The Hall–Kier alpha value is -2.68. The van der Waals surface area contributed by atoms with Crippen molar-refractivity contribution in [3.8, 4) is 0 Å². The highest BCUT2D eigenvalue weighted by molar-refractivity contribution is 5.92. The summed E-state index contributed by atoms with van der Waals surface area (Å²) < 4.78 is 7.90. The molecule has 33 heavy (non-hydrogen) atoms. The van der Waals surface area contributed by atoms with Crippen molar-refractivity contribution in [2.24, 2.45) is 12.5 Å². The third-order valence-electron chi connectivity index (χ3n) is 7.40. The molecule has 1 N–H and O–H groups in total. The molecule has 0 radical (unpaired) electrons. The first kappa shape index (κ1) is 22.1. The number of amides is 2. The van der Waals surface area contributed by atoms with E-state index in [9.17, 15) is 9.59 Å². The second kappa shape index (κ2) is 8.59. The fourth-order valence-electron chi connectivity index (χ4n) is 5.25. The van der Waals surface area contributed by atoms with Gasteiger partial charge < -0.3 is 19.2 Å². The van der Waals surface area contributed by atoms with E-state index >= 15 is 0 Å². The normalized spacial score (nSPS) is 22.9. The second-order valence-corrected chi connectivity index (χ2v) is 10.4. The first-order valence-electron chi connectivity index (χ1n) is 12.1. The van der Waals surface area contributed by atoms with Crippen LogP contribution < -0.4 is 5.32 Å². The van der Waals surface area contributed by atoms with Gasteiger partial charge in [0.25, 0.3) is 5.91 Å². The SMILES string of the molecule is CC(C)c1nnc(C2CC3(CCN(C(=O)c4cccn4C)CC3)CN2CC(=O)NC2CC2)o1. The zero-order valence-corrected chi connectivity index (χ0v) is 19.8. The monoisotopic (exact) mass is 454 g/mol. The number of piperidine rings is 1. The van der Waals surface area contributed by atoms with E-state index in [2.05, 4.69) is 20.4 Å². The molecule has 3 aliphatic rings. The molecular formula is C24H34N6O3. The Kier molecular flexibility index (Phi) is 5.76. The molecule has 1 atom stereocenters. The number of likely N-dealkylation sites (tertiary alicyclic amines) is 2. The molecule has 2 saturated heterocycles. The van der Waals surface area contributed by atoms with Crippen molar-refractivity contribution in [2.45, 2.75) is 64.0 Å². The summed E-state index contributed by atoms with van der Waals surface area (Å²) >= 11 is 0. The van der Waals surface area contributed by atoms with Gasteiger partial charge in [0, 0.05) is 44.8 Å². The molecule has 1 aliphatic carbocycles. The molecule has 2 aromatic rings. The number of hydrogen-bond acceptors (Lipinski definition) is 6. The van der Waals surface area contributed by atoms with Gasteiger partial charge in [-0.25, -0.2) is 0 Å². The van der Waals surface area contributed by atoms with E-state index in [1.165, 1.54) is 0 Å². The molecule has 1 spiro atoms. The van der Waals surface area contributed by atoms with Crippen LogP contribution in [0.3, 0.4) is 0 Å². The molecule has 178 valence electrons. The molecule has 2 aromatic heterocycles. The van der Waals surface area contributed by atoms with Crippen LogP contribution >= 0.6 is 0 Å². The first-order valence-corrected chi connectivity index (χ1v) is 12.1. The summed E-state index contributed by atoms with van der Waals surface area (Å²) in [6, 6.07) is 4.06. The minimum Gasteiger partial charge on any atom is -0.423 e. The average Bonchev–Trinajstić information content (AvgIpc) is 3.15. The van der Waals surface area contributed by atoms with Gasteiger partial charge in [-0.15, -0.1) is 10.2 Å². The van der Waals surface area contributed by atoms with Crippen molar-refractivity contribution in [3.05, 3.63) is 35.8 Å². The van der Waals surface area contributed by atoms with Crippen LogP contribution in [0.4, 0.5) is 0 Å². The Morgan fingerprint density at radius 3 is 2.61 bits per heavy atom. The maximum atomic E-state index is 13.0. The van der Waals surface area contributed by atoms with E-state index in [1.54, 1.807) is 0 Å². The maximum Gasteiger partial charge on any atom is 0.270 e. The lowest BCUT2D eigenvalue weighted by Crippen LogP contribution is -2.45. The Morgan fingerprint density at radius 1 is 1.24 bits per heavy atom. The Labute approximate surface area is 194 Å². The van der Waals surface area contributed by atoms with Crippen LogP contribution in [0.25, 0.3) is 0 Å². The van der Waals surface area contributed by atoms with Crippen LogP contribution in [0.5, 0.6) is 0 Å². The third-order valence-corrected chi connectivity index (χ3v) is 7.40. The van der Waals surface area contributed by atoms with E-state index in [0.29, 0.717) is 24.4 Å². The molecule has 4 heterocycles. The minimum atomic E-state index is -0.0647. The van der Waals surface area contributed by atoms with Crippen molar-refractivity contribution < 1.29 is 14.0 Å². The van der Waals surface area contributed by atoms with E-state index in [1.807, 2.05) is 48.7 Å². The predicted octanol–water partition coefficient (Wildman–Crippen LogP) is 2.48. The van der Waals surface area contributed by atoms with E-state index < -0.39 is 0 Å². The van der Waals surface area contributed by atoms with Crippen LogP contribution in [0, 0.1) is 5.41 Å². The summed E-state index contributed by atoms with van der Waals surface area (Å²) in [5, 5.41) is 11.7. The Balaban J connectivity index is 1.30. The van der Waals surface area contributed by atoms with Gasteiger partial charge in [-0.3, -0.25) is 14.5 Å². The van der Waals surface area contributed by atoms with Crippen LogP contribution in [0.2, 0.25) is 0 Å². The topological polar surface area (TPSA) is 96.5 Å². The van der Waals surface area contributed by atoms with Crippen molar-refractivity contribution in [3.63, 3.8) is 0 Å². The molecule has 1 saturated carbocycles. The number of nitrogens with zero attached hydrogens (tertiary/aromatic N) is 5. The molecule has 9 heteroatoms. The lowest BCUT2D eigenvalue weighted by Gasteiger charge is -2.39. The van der Waals surface area contributed by atoms with Gasteiger partial charge in [-0.05, 0) is 49.7 Å². The lowest BCUT2D eigenvalue weighted by molar-refractivity contribution is -0.122. The van der Waals surface area contributed by atoms with Crippen molar-refractivity contribution in [1.82, 2.24) is 29.9 Å². The first-order chi connectivity index (χ1) is 15.8. The average molecular weight is 455 g/mol. The highest BCUT2D eigenvalue weighted by Gasteiger charge is 2.49. The van der Waals surface area contributed by atoms with Crippen molar-refractivity contribution in [1.29, 1.82) is 0 Å². The highest BCUT2D eigenvalue weighted by Crippen LogP contribution is 2.48. The number of hydrogen-bond donors (Lipinski definition) is 1. The maximum absolute atomic E-state index is 13.0. The molecular weight excluding hydrogens is 420 g/mol. The van der Waals surface area contributed by atoms with Crippen LogP contribution in [-0.4, -0.2) is 68.6 Å². The fourth-order valence-corrected chi connectivity index (χ4v) is 5.25. The van der Waals surface area contributed by atoms with Crippen LogP contribution in [0.15, 0.2) is 22.7 Å². The van der Waals surface area contributed by atoms with Gasteiger partial charge in [-0.1, -0.05) is 13.8 Å². The summed E-state index contributed by atoms with van der Waals surface area (Å²) in [5.74, 6) is 1.57. The van der Waals surface area contributed by atoms with Crippen molar-refractivity contribution >= 4 is 11.8 Å². The molecule has 0 aromatic carbocycles. The summed E-state index contributed by atoms with van der Waals surface area (Å²) in [6.07, 6.45) is 6.74. The van der Waals surface area contributed by atoms with Gasteiger partial charge in [0.05, 0.1) is 12.6 Å². The molecule has 1 unspecified atom stereocenters. The quantitative estimate of drug-likeness (QED) is 0.720. The largest absolute Gasteiger partial charge is 0.423 e. The van der Waals surface area contributed by atoms with Crippen LogP contribution in [-0.2, 0) is 11.8 Å². The number of carbonyl (C=O) groups is 2. The number of aryl methyl sites for hydroxylation is 1. The van der Waals surface area contributed by atoms with Gasteiger partial charge in [0.1, 0.15) is 5.69 Å². The number of carbonyl (C=O) groups excluding carboxylic acids is 2. The van der Waals surface area contributed by atoms with E-state index in [-0.39, 0.29) is 29.2 Å². The second-order valence-electron chi connectivity index (χ2n) is 10.4. The summed E-state index contributed by atoms with van der Waals surface area (Å²) in [5.41, 5.74) is 0.766. The fraction of sp³-hybridized carbons (Fsp3) is 0.667. The number of aromatic nitrogens is 3. The van der Waals surface area contributed by atoms with Gasteiger partial charge in [0.15, 0.2) is 0 Å². The zero-order valence-electron chi connectivity index (χ0n) is 19.8. The molecule has 3 fully saturated rings. The molecule has 5 rings (SSSR count). The lowest BCUT2D eigenvalue weighted by atomic mass is 9.76. The van der Waals surface area contributed by atoms with Gasteiger partial charge in [0.2, 0.25) is 17.7 Å². The summed E-state index contributed by atoms with van der Waals surface area (Å²) in [7, 11) is 1.90. The standard InChI is InChI=1S/C24H34N6O3/c1-16(2)21-26-27-22(33-21)19-13-24(15-30(19)14-20(31)25-17-6-7-17)8-11-29(12-9-24)23(32)18-5-4-10-28(18)3/h4-5,10,16-17,19H,6-9,11-15H2,1-3H3,(H,25,31). The van der Waals surface area contributed by atoms with E-state index in [0.717, 1.165) is 57.4 Å². The third kappa shape index (κ3) is 4.55. The number of nitrogens with one attached hydrogen (secondary N) is 1. The molecule has 9 nitrogen and oxygen atoms in total. The molecule has 2 amide bonds. The van der Waals surface area contributed by atoms with Gasteiger partial charge >= 0.3 is 0 Å². The van der Waals surface area contributed by atoms with Gasteiger partial charge in [-0.2, -0.15) is 0 Å².